The molecule has 2 heterocycles. The van der Waals surface area contributed by atoms with Crippen molar-refractivity contribution in [2.24, 2.45) is 4.99 Å². The molecule has 1 aliphatic heterocycles. The molecule has 0 amide bonds. The Morgan fingerprint density at radius 2 is 1.83 bits per heavy atom. The van der Waals surface area contributed by atoms with Crippen LogP contribution in [-0.4, -0.2) is 31.6 Å². The van der Waals surface area contributed by atoms with E-state index in [0.717, 1.165) is 54.5 Å². The van der Waals surface area contributed by atoms with Crippen LogP contribution in [0.5, 0.6) is 11.5 Å². The van der Waals surface area contributed by atoms with Crippen LogP contribution >= 0.6 is 0 Å². The molecule has 0 radical (unpaired) electrons. The molecule has 0 saturated carbocycles. The van der Waals surface area contributed by atoms with E-state index in [1.807, 2.05) is 19.9 Å². The van der Waals surface area contributed by atoms with Gasteiger partial charge in [0.05, 0.1) is 19.9 Å². The molecule has 5 heteroatoms. The van der Waals surface area contributed by atoms with Crippen LogP contribution in [0.4, 0.5) is 0 Å². The summed E-state index contributed by atoms with van der Waals surface area (Å²) < 4.78 is 16.1. The molecule has 0 fully saturated rings. The molecule has 0 saturated heterocycles. The standard InChI is InChI=1S/C18H22N2O3/c1-11-14(12(2)23-20-11)5-6-16-15-10-18(22-4)17(21-3)9-13(15)7-8-19-16/h9-10H,5-8H2,1-4H3. The summed E-state index contributed by atoms with van der Waals surface area (Å²) in [6.07, 6.45) is 2.68. The van der Waals surface area contributed by atoms with Gasteiger partial charge >= 0.3 is 0 Å². The Bertz CT molecular complexity index is 727. The van der Waals surface area contributed by atoms with Gasteiger partial charge < -0.3 is 14.0 Å². The molecule has 1 aromatic heterocycles. The Labute approximate surface area is 136 Å². The minimum absolute atomic E-state index is 0.748. The van der Waals surface area contributed by atoms with E-state index in [4.69, 9.17) is 19.0 Å². The number of nitrogens with zero attached hydrogens (tertiary/aromatic N) is 2. The summed E-state index contributed by atoms with van der Waals surface area (Å²) in [6, 6.07) is 4.11. The molecule has 0 spiro atoms. The topological polar surface area (TPSA) is 56.9 Å². The summed E-state index contributed by atoms with van der Waals surface area (Å²) in [4.78, 5) is 4.73. The quantitative estimate of drug-likeness (QED) is 0.850. The smallest absolute Gasteiger partial charge is 0.161 e. The van der Waals surface area contributed by atoms with Crippen molar-refractivity contribution in [3.63, 3.8) is 0 Å². The Morgan fingerprint density at radius 1 is 1.09 bits per heavy atom. The second-order valence-electron chi connectivity index (χ2n) is 5.75. The molecule has 2 aromatic rings. The van der Waals surface area contributed by atoms with E-state index in [0.29, 0.717) is 0 Å². The second-order valence-corrected chi connectivity index (χ2v) is 5.75. The number of aromatic nitrogens is 1. The van der Waals surface area contributed by atoms with Crippen LogP contribution < -0.4 is 9.47 Å². The van der Waals surface area contributed by atoms with Crippen LogP contribution in [0, 0.1) is 13.8 Å². The first kappa shape index (κ1) is 15.6. The fraction of sp³-hybridized carbons (Fsp3) is 0.444. The first-order valence-electron chi connectivity index (χ1n) is 7.84. The first-order chi connectivity index (χ1) is 11.1. The van der Waals surface area contributed by atoms with Crippen LogP contribution in [0.2, 0.25) is 0 Å². The first-order valence-corrected chi connectivity index (χ1v) is 7.84. The van der Waals surface area contributed by atoms with Gasteiger partial charge in [0.1, 0.15) is 5.76 Å². The van der Waals surface area contributed by atoms with Crippen molar-refractivity contribution >= 4 is 5.71 Å². The van der Waals surface area contributed by atoms with Crippen molar-refractivity contribution in [2.45, 2.75) is 33.1 Å². The maximum absolute atomic E-state index is 5.43. The molecule has 0 bridgehead atoms. The van der Waals surface area contributed by atoms with Gasteiger partial charge in [-0.25, -0.2) is 0 Å². The third-order valence-corrected chi connectivity index (χ3v) is 4.40. The lowest BCUT2D eigenvalue weighted by Gasteiger charge is -2.19. The van der Waals surface area contributed by atoms with Gasteiger partial charge in [0, 0.05) is 23.4 Å². The maximum atomic E-state index is 5.43. The molecular formula is C18H22N2O3. The van der Waals surface area contributed by atoms with Crippen LogP contribution in [0.25, 0.3) is 0 Å². The molecule has 3 rings (SSSR count). The highest BCUT2D eigenvalue weighted by molar-refractivity contribution is 6.03. The minimum atomic E-state index is 0.748. The van der Waals surface area contributed by atoms with E-state index in [1.165, 1.54) is 16.7 Å². The number of methoxy groups -OCH3 is 2. The third-order valence-electron chi connectivity index (χ3n) is 4.40. The van der Waals surface area contributed by atoms with Gasteiger partial charge in [-0.05, 0) is 50.8 Å². The van der Waals surface area contributed by atoms with Gasteiger partial charge in [-0.1, -0.05) is 5.16 Å². The highest BCUT2D eigenvalue weighted by atomic mass is 16.5. The zero-order valence-corrected chi connectivity index (χ0v) is 14.1. The largest absolute Gasteiger partial charge is 0.493 e. The number of ether oxygens (including phenoxy) is 2. The molecule has 0 aliphatic carbocycles. The highest BCUT2D eigenvalue weighted by Crippen LogP contribution is 2.33. The van der Waals surface area contributed by atoms with Crippen LogP contribution in [0.1, 0.15) is 34.6 Å². The van der Waals surface area contributed by atoms with E-state index in [1.54, 1.807) is 14.2 Å². The van der Waals surface area contributed by atoms with Crippen LogP contribution in [0.15, 0.2) is 21.6 Å². The van der Waals surface area contributed by atoms with E-state index >= 15 is 0 Å². The zero-order valence-electron chi connectivity index (χ0n) is 14.1. The summed E-state index contributed by atoms with van der Waals surface area (Å²) >= 11 is 0. The molecule has 0 N–H and O–H groups in total. The molecule has 1 aliphatic rings. The average molecular weight is 314 g/mol. The number of hydrogen-bond acceptors (Lipinski definition) is 5. The Morgan fingerprint density at radius 3 is 2.48 bits per heavy atom. The molecule has 122 valence electrons. The molecule has 1 aromatic carbocycles. The maximum Gasteiger partial charge on any atom is 0.161 e. The van der Waals surface area contributed by atoms with Crippen molar-refractivity contribution in [3.05, 3.63) is 40.3 Å². The monoisotopic (exact) mass is 314 g/mol. The lowest BCUT2D eigenvalue weighted by Crippen LogP contribution is -2.14. The summed E-state index contributed by atoms with van der Waals surface area (Å²) in [5, 5.41) is 4.02. The summed E-state index contributed by atoms with van der Waals surface area (Å²) in [5.74, 6) is 2.42. The van der Waals surface area contributed by atoms with Crippen LogP contribution in [0.3, 0.4) is 0 Å². The number of aliphatic imine (C=N–C) groups is 1. The molecular weight excluding hydrogens is 292 g/mol. The van der Waals surface area contributed by atoms with Gasteiger partial charge in [0.2, 0.25) is 0 Å². The minimum Gasteiger partial charge on any atom is -0.493 e. The summed E-state index contributed by atoms with van der Waals surface area (Å²) in [7, 11) is 3.33. The normalized spacial score (nSPS) is 13.5. The van der Waals surface area contributed by atoms with Crippen molar-refractivity contribution < 1.29 is 14.0 Å². The molecule has 23 heavy (non-hydrogen) atoms. The number of hydrogen-bond donors (Lipinski definition) is 0. The fourth-order valence-electron chi connectivity index (χ4n) is 3.11. The molecule has 5 nitrogen and oxygen atoms in total. The fourth-order valence-corrected chi connectivity index (χ4v) is 3.11. The van der Waals surface area contributed by atoms with Crippen molar-refractivity contribution in [1.82, 2.24) is 5.16 Å². The van der Waals surface area contributed by atoms with E-state index in [9.17, 15) is 0 Å². The van der Waals surface area contributed by atoms with E-state index in [2.05, 4.69) is 11.2 Å². The van der Waals surface area contributed by atoms with Gasteiger partial charge in [0.25, 0.3) is 0 Å². The summed E-state index contributed by atoms with van der Waals surface area (Å²) in [6.45, 7) is 4.76. The van der Waals surface area contributed by atoms with Gasteiger partial charge in [-0.3, -0.25) is 4.99 Å². The SMILES string of the molecule is COc1cc2c(cc1OC)C(CCc1c(C)noc1C)=NCC2. The number of fused-ring (bicyclic) bond motifs is 1. The van der Waals surface area contributed by atoms with Crippen molar-refractivity contribution in [2.75, 3.05) is 20.8 Å². The molecule has 0 unspecified atom stereocenters. The number of aryl methyl sites for hydroxylation is 2. The lowest BCUT2D eigenvalue weighted by atomic mass is 9.93. The van der Waals surface area contributed by atoms with Gasteiger partial charge in [-0.15, -0.1) is 0 Å². The predicted molar refractivity (Wildman–Crippen MR) is 89.0 cm³/mol. The third kappa shape index (κ3) is 2.96. The van der Waals surface area contributed by atoms with Gasteiger partial charge in [-0.2, -0.15) is 0 Å². The number of rotatable bonds is 5. The lowest BCUT2D eigenvalue weighted by molar-refractivity contribution is 0.354. The summed E-state index contributed by atoms with van der Waals surface area (Å²) in [5.41, 5.74) is 5.70. The highest BCUT2D eigenvalue weighted by Gasteiger charge is 2.19. The molecule has 0 atom stereocenters. The van der Waals surface area contributed by atoms with Crippen LogP contribution in [-0.2, 0) is 12.8 Å². The predicted octanol–water partition coefficient (Wildman–Crippen LogP) is 3.29. The van der Waals surface area contributed by atoms with Crippen molar-refractivity contribution in [3.8, 4) is 11.5 Å². The average Bonchev–Trinajstić information content (AvgIpc) is 2.89. The number of benzene rings is 1. The Kier molecular flexibility index (Phi) is 4.37. The van der Waals surface area contributed by atoms with Crippen molar-refractivity contribution in [1.29, 1.82) is 0 Å². The second kappa shape index (κ2) is 6.44. The zero-order chi connectivity index (χ0) is 16.4. The Hall–Kier alpha value is -2.30. The Balaban J connectivity index is 1.87. The van der Waals surface area contributed by atoms with Gasteiger partial charge in [0.15, 0.2) is 11.5 Å². The van der Waals surface area contributed by atoms with E-state index < -0.39 is 0 Å². The van der Waals surface area contributed by atoms with E-state index in [-0.39, 0.29) is 0 Å².